The van der Waals surface area contributed by atoms with Gasteiger partial charge in [-0.15, -0.1) is 0 Å². The third-order valence-corrected chi connectivity index (χ3v) is 14.1. The van der Waals surface area contributed by atoms with Gasteiger partial charge in [0.15, 0.2) is 0 Å². The van der Waals surface area contributed by atoms with Crippen LogP contribution in [0.4, 0.5) is 0 Å². The van der Waals surface area contributed by atoms with Gasteiger partial charge in [-0.1, -0.05) is 282 Å². The highest BCUT2D eigenvalue weighted by molar-refractivity contribution is 5.80. The molecule has 0 aliphatic heterocycles. The van der Waals surface area contributed by atoms with Crippen LogP contribution in [-0.2, 0) is 32.5 Å². The Morgan fingerprint density at radius 1 is 0.284 bits per heavy atom. The smallest absolute Gasteiger partial charge is 0.136 e. The topological polar surface area (TPSA) is 99.0 Å². The normalized spacial score (nSPS) is 10.8. The maximum atomic E-state index is 4.45. The van der Waals surface area contributed by atoms with Crippen LogP contribution in [0.1, 0.15) is 249 Å². The van der Waals surface area contributed by atoms with Crippen molar-refractivity contribution in [2.24, 2.45) is 0 Å². The Kier molecular flexibility index (Phi) is 38.0. The van der Waals surface area contributed by atoms with E-state index in [1.165, 1.54) is 55.2 Å². The second-order valence-corrected chi connectivity index (χ2v) is 27.2. The Bertz CT molecular complexity index is 3570. The monoisotopic (exact) mass is 1290 g/mol. The van der Waals surface area contributed by atoms with Gasteiger partial charge >= 0.3 is 0 Å². The van der Waals surface area contributed by atoms with Crippen molar-refractivity contribution < 1.29 is 0 Å². The SMILES string of the molecule is C.CC.CC.CC.CC.CC.CC.CC(C)(C)c1cnc2ccccc2c1.CC(C)(C)c1cnc2ccccc2c1.CC(C)(C)c1cnc2ccccc2c1.CC(C)(C)c1cnc2ccccn12.CC(C)(C)c1cnc2cccnc2c1.CC(C)(C)c1cnn2ccccc12. The van der Waals surface area contributed by atoms with Gasteiger partial charge in [0.05, 0.1) is 39.3 Å². The summed E-state index contributed by atoms with van der Waals surface area (Å²) in [4.78, 5) is 26.4. The van der Waals surface area contributed by atoms with Crippen molar-refractivity contribution in [1.29, 1.82) is 0 Å². The predicted octanol–water partition coefficient (Wildman–Crippen LogP) is 25.6. The van der Waals surface area contributed by atoms with Gasteiger partial charge in [-0.3, -0.25) is 24.9 Å². The molecule has 0 amide bonds. The Balaban J connectivity index is 0.00000108. The van der Waals surface area contributed by atoms with E-state index in [1.807, 2.05) is 210 Å². The molecule has 0 unspecified atom stereocenters. The van der Waals surface area contributed by atoms with Crippen molar-refractivity contribution in [3.05, 3.63) is 235 Å². The zero-order valence-electron chi connectivity index (χ0n) is 64.1. The van der Waals surface area contributed by atoms with Gasteiger partial charge in [-0.25, -0.2) is 9.50 Å². The van der Waals surface area contributed by atoms with Crippen LogP contribution in [-0.4, -0.2) is 43.9 Å². The van der Waals surface area contributed by atoms with E-state index in [0.29, 0.717) is 0 Å². The number of benzene rings is 3. The molecule has 3 aromatic carbocycles. The van der Waals surface area contributed by atoms with Crippen LogP contribution in [0, 0.1) is 0 Å². The minimum Gasteiger partial charge on any atom is -0.304 e. The number of aromatic nitrogens is 9. The van der Waals surface area contributed by atoms with E-state index >= 15 is 0 Å². The molecule has 0 radical (unpaired) electrons. The maximum absolute atomic E-state index is 4.45. The molecule has 12 rings (SSSR count). The molecule has 0 bridgehead atoms. The molecule has 12 aromatic rings. The fourth-order valence-corrected chi connectivity index (χ4v) is 8.81. The van der Waals surface area contributed by atoms with E-state index in [4.69, 9.17) is 0 Å². The number of rotatable bonds is 0. The number of hydrogen-bond acceptors (Lipinski definition) is 7. The first-order valence-corrected chi connectivity index (χ1v) is 34.6. The van der Waals surface area contributed by atoms with E-state index in [9.17, 15) is 0 Å². The largest absolute Gasteiger partial charge is 0.304 e. The number of pyridine rings is 7. The standard InChI is InChI=1S/3C13H15N.C12H14N2.2C11H14N2.6C2H6.CH4/c3*1-13(2,3)11-8-10-6-4-5-7-12(10)14-9-11;1-12(2,3)9-7-11-10(14-8-9)5-4-6-13-11;1-11(2,3)9-8-12-10-6-4-5-7-13(9)10;1-11(2,3)9-8-12-13-7-5-4-6-10(9)13;6*1-2;/h3*4-9H,1-3H3;4-8H,1-3H3;2*4-8H,1-3H3;6*1-2H3;1H4. The van der Waals surface area contributed by atoms with Crippen molar-refractivity contribution in [2.75, 3.05) is 0 Å². The lowest BCUT2D eigenvalue weighted by atomic mass is 9.88. The number of nitrogens with zero attached hydrogens (tertiary/aromatic N) is 9. The quantitative estimate of drug-likeness (QED) is 0.149. The second kappa shape index (κ2) is 41.6. The van der Waals surface area contributed by atoms with Crippen LogP contribution in [0.15, 0.2) is 201 Å². The van der Waals surface area contributed by atoms with Crippen molar-refractivity contribution in [3.63, 3.8) is 0 Å². The molecule has 0 saturated heterocycles. The van der Waals surface area contributed by atoms with E-state index < -0.39 is 0 Å². The zero-order valence-corrected chi connectivity index (χ0v) is 64.1. The molecule has 516 valence electrons. The van der Waals surface area contributed by atoms with Crippen LogP contribution in [0.2, 0.25) is 0 Å². The van der Waals surface area contributed by atoms with Crippen LogP contribution in [0.5, 0.6) is 0 Å². The second-order valence-electron chi connectivity index (χ2n) is 27.2. The fraction of sp³-hybridized carbons (Fsp3) is 0.430. The minimum absolute atomic E-state index is 0. The van der Waals surface area contributed by atoms with Gasteiger partial charge in [0.25, 0.3) is 0 Å². The summed E-state index contributed by atoms with van der Waals surface area (Å²) in [5, 5.41) is 7.97. The highest BCUT2D eigenvalue weighted by Gasteiger charge is 2.20. The molecule has 95 heavy (non-hydrogen) atoms. The molecule has 9 heterocycles. The van der Waals surface area contributed by atoms with E-state index in [0.717, 1.165) is 33.2 Å². The summed E-state index contributed by atoms with van der Waals surface area (Å²) in [6.45, 7) is 63.6. The van der Waals surface area contributed by atoms with E-state index in [2.05, 4.69) is 237 Å². The third-order valence-electron chi connectivity index (χ3n) is 14.1. The van der Waals surface area contributed by atoms with Gasteiger partial charge in [-0.2, -0.15) is 5.10 Å². The highest BCUT2D eigenvalue weighted by Crippen LogP contribution is 2.29. The Morgan fingerprint density at radius 2 is 0.632 bits per heavy atom. The molecule has 9 nitrogen and oxygen atoms in total. The molecule has 0 aliphatic rings. The molecular weight excluding hydrogens is 1160 g/mol. The molecule has 9 aromatic heterocycles. The lowest BCUT2D eigenvalue weighted by Gasteiger charge is -2.18. The third kappa shape index (κ3) is 27.6. The lowest BCUT2D eigenvalue weighted by molar-refractivity contribution is 0.563. The molecule has 0 atom stereocenters. The van der Waals surface area contributed by atoms with Crippen LogP contribution >= 0.6 is 0 Å². The summed E-state index contributed by atoms with van der Waals surface area (Å²) in [5.41, 5.74) is 16.0. The fourth-order valence-electron chi connectivity index (χ4n) is 8.81. The average molecular weight is 1290 g/mol. The summed E-state index contributed by atoms with van der Waals surface area (Å²) in [6.07, 6.45) is 17.6. The molecule has 0 saturated carbocycles. The Morgan fingerprint density at radius 3 is 1.02 bits per heavy atom. The summed E-state index contributed by atoms with van der Waals surface area (Å²) in [7, 11) is 0. The summed E-state index contributed by atoms with van der Waals surface area (Å²) in [5.74, 6) is 0. The number of para-hydroxylation sites is 3. The lowest BCUT2D eigenvalue weighted by Crippen LogP contribution is -2.13. The van der Waals surface area contributed by atoms with Crippen molar-refractivity contribution >= 4 is 54.9 Å². The maximum Gasteiger partial charge on any atom is 0.136 e. The summed E-state index contributed by atoms with van der Waals surface area (Å²) in [6, 6.07) is 49.6. The predicted molar refractivity (Wildman–Crippen MR) is 422 cm³/mol. The van der Waals surface area contributed by atoms with Crippen LogP contribution in [0.3, 0.4) is 0 Å². The summed E-state index contributed by atoms with van der Waals surface area (Å²) >= 11 is 0. The van der Waals surface area contributed by atoms with Gasteiger partial charge in [0, 0.05) is 82.4 Å². The molecule has 9 heteroatoms. The first-order chi connectivity index (χ1) is 44.5. The molecule has 0 spiro atoms. The molecule has 0 aliphatic carbocycles. The Labute approximate surface area is 578 Å². The highest BCUT2D eigenvalue weighted by atomic mass is 15.2. The van der Waals surface area contributed by atoms with Gasteiger partial charge < -0.3 is 4.40 Å². The zero-order chi connectivity index (χ0) is 71.7. The first kappa shape index (κ1) is 86.8. The number of fused-ring (bicyclic) bond motifs is 6. The first-order valence-electron chi connectivity index (χ1n) is 34.6. The van der Waals surface area contributed by atoms with E-state index in [1.54, 1.807) is 6.20 Å². The Hall–Kier alpha value is -8.17. The molecular formula is C86H127N9. The van der Waals surface area contributed by atoms with Crippen molar-refractivity contribution in [2.45, 2.75) is 248 Å². The van der Waals surface area contributed by atoms with Crippen LogP contribution < -0.4 is 0 Å². The van der Waals surface area contributed by atoms with Crippen LogP contribution in [0.25, 0.3) is 54.9 Å². The average Bonchev–Trinajstić information content (AvgIpc) is 1.81. The minimum atomic E-state index is 0. The van der Waals surface area contributed by atoms with Crippen molar-refractivity contribution in [3.8, 4) is 0 Å². The number of hydrogen-bond donors (Lipinski definition) is 0. The molecule has 0 fully saturated rings. The van der Waals surface area contributed by atoms with E-state index in [-0.39, 0.29) is 39.9 Å². The van der Waals surface area contributed by atoms with Crippen molar-refractivity contribution in [1.82, 2.24) is 43.9 Å². The molecule has 0 N–H and O–H groups in total. The number of imidazole rings is 1. The van der Waals surface area contributed by atoms with Gasteiger partial charge in [-0.05, 0) is 128 Å². The summed E-state index contributed by atoms with van der Waals surface area (Å²) < 4.78 is 4.06. The van der Waals surface area contributed by atoms with Gasteiger partial charge in [0.1, 0.15) is 5.65 Å². The van der Waals surface area contributed by atoms with Gasteiger partial charge in [0.2, 0.25) is 0 Å².